The molecule has 0 radical (unpaired) electrons. The highest BCUT2D eigenvalue weighted by molar-refractivity contribution is 7.89. The molecule has 1 saturated carbocycles. The van der Waals surface area contributed by atoms with Crippen molar-refractivity contribution in [3.05, 3.63) is 11.5 Å². The lowest BCUT2D eigenvalue weighted by Gasteiger charge is -2.28. The number of unbranched alkanes of at least 4 members (excludes halogenated alkanes) is 1. The number of carbonyl (C=O) groups is 1. The van der Waals surface area contributed by atoms with E-state index in [1.165, 1.54) is 0 Å². The Labute approximate surface area is 142 Å². The van der Waals surface area contributed by atoms with Gasteiger partial charge in [-0.1, -0.05) is 18.0 Å². The molecular formula is C15H26N4O4S. The zero-order chi connectivity index (χ0) is 17.8. The number of hydrogen-bond donors (Lipinski definition) is 3. The van der Waals surface area contributed by atoms with Gasteiger partial charge in [-0.05, 0) is 46.1 Å². The molecule has 1 aliphatic carbocycles. The Bertz CT molecular complexity index is 658. The number of rotatable bonds is 8. The van der Waals surface area contributed by atoms with Crippen LogP contribution in [0.25, 0.3) is 0 Å². The SMILES string of the molecule is Cc1noc(C)c1S(=O)(=O)NC1(C(=O)NCCCCN)CCCC1. The molecule has 1 aliphatic rings. The van der Waals surface area contributed by atoms with Crippen LogP contribution < -0.4 is 15.8 Å². The van der Waals surface area contributed by atoms with Crippen molar-refractivity contribution >= 4 is 15.9 Å². The van der Waals surface area contributed by atoms with Gasteiger partial charge in [-0.3, -0.25) is 4.79 Å². The number of sulfonamides is 1. The predicted octanol–water partition coefficient (Wildman–Crippen LogP) is 0.738. The van der Waals surface area contributed by atoms with Gasteiger partial charge in [0, 0.05) is 6.54 Å². The van der Waals surface area contributed by atoms with Gasteiger partial charge in [0.15, 0.2) is 5.76 Å². The maximum Gasteiger partial charge on any atom is 0.246 e. The summed E-state index contributed by atoms with van der Waals surface area (Å²) in [5.41, 5.74) is 4.63. The van der Waals surface area contributed by atoms with E-state index in [0.29, 0.717) is 25.9 Å². The quantitative estimate of drug-likeness (QED) is 0.588. The lowest BCUT2D eigenvalue weighted by Crippen LogP contribution is -2.57. The molecule has 136 valence electrons. The highest BCUT2D eigenvalue weighted by Gasteiger charge is 2.45. The van der Waals surface area contributed by atoms with Crippen LogP contribution in [0.4, 0.5) is 0 Å². The highest BCUT2D eigenvalue weighted by atomic mass is 32.2. The van der Waals surface area contributed by atoms with Gasteiger partial charge in [0.25, 0.3) is 0 Å². The molecule has 1 aromatic rings. The molecule has 2 rings (SSSR count). The van der Waals surface area contributed by atoms with E-state index in [1.807, 2.05) is 0 Å². The van der Waals surface area contributed by atoms with E-state index >= 15 is 0 Å². The summed E-state index contributed by atoms with van der Waals surface area (Å²) in [5, 5.41) is 6.52. The van der Waals surface area contributed by atoms with E-state index in [2.05, 4.69) is 15.2 Å². The smallest absolute Gasteiger partial charge is 0.246 e. The summed E-state index contributed by atoms with van der Waals surface area (Å²) >= 11 is 0. The lowest BCUT2D eigenvalue weighted by atomic mass is 9.98. The molecule has 9 heteroatoms. The third-order valence-electron chi connectivity index (χ3n) is 4.37. The van der Waals surface area contributed by atoms with Crippen molar-refractivity contribution in [2.75, 3.05) is 13.1 Å². The monoisotopic (exact) mass is 358 g/mol. The van der Waals surface area contributed by atoms with Crippen molar-refractivity contribution in [2.45, 2.75) is 62.8 Å². The summed E-state index contributed by atoms with van der Waals surface area (Å²) in [7, 11) is -3.89. The Kier molecular flexibility index (Phi) is 6.00. The summed E-state index contributed by atoms with van der Waals surface area (Å²) in [6.45, 7) is 4.17. The van der Waals surface area contributed by atoms with Gasteiger partial charge in [0.05, 0.1) is 0 Å². The second-order valence-corrected chi connectivity index (χ2v) is 7.92. The Morgan fingerprint density at radius 2 is 1.96 bits per heavy atom. The molecule has 0 aliphatic heterocycles. The molecular weight excluding hydrogens is 332 g/mol. The van der Waals surface area contributed by atoms with Gasteiger partial charge in [-0.25, -0.2) is 8.42 Å². The van der Waals surface area contributed by atoms with Gasteiger partial charge < -0.3 is 15.6 Å². The Morgan fingerprint density at radius 3 is 2.50 bits per heavy atom. The van der Waals surface area contributed by atoms with Crippen LogP contribution in [0.5, 0.6) is 0 Å². The van der Waals surface area contributed by atoms with Gasteiger partial charge in [-0.2, -0.15) is 4.72 Å². The molecule has 0 aromatic carbocycles. The van der Waals surface area contributed by atoms with Crippen LogP contribution in [-0.2, 0) is 14.8 Å². The molecule has 1 fully saturated rings. The second-order valence-electron chi connectivity index (χ2n) is 6.30. The first kappa shape index (κ1) is 18.9. The van der Waals surface area contributed by atoms with Crippen molar-refractivity contribution in [2.24, 2.45) is 5.73 Å². The summed E-state index contributed by atoms with van der Waals surface area (Å²) in [5.74, 6) is -0.0520. The number of aryl methyl sites for hydroxylation is 2. The standard InChI is InChI=1S/C15H26N4O4S/c1-11-13(12(2)23-18-11)24(21,22)19-15(7-3-4-8-15)14(20)17-10-6-5-9-16/h19H,3-10,16H2,1-2H3,(H,17,20). The molecule has 24 heavy (non-hydrogen) atoms. The number of nitrogens with two attached hydrogens (primary N) is 1. The zero-order valence-electron chi connectivity index (χ0n) is 14.2. The van der Waals surface area contributed by atoms with Crippen molar-refractivity contribution in [1.82, 2.24) is 15.2 Å². The van der Waals surface area contributed by atoms with E-state index in [4.69, 9.17) is 10.3 Å². The molecule has 1 aromatic heterocycles. The van der Waals surface area contributed by atoms with Gasteiger partial charge >= 0.3 is 0 Å². The number of nitrogens with zero attached hydrogens (tertiary/aromatic N) is 1. The first-order valence-electron chi connectivity index (χ1n) is 8.27. The third-order valence-corrected chi connectivity index (χ3v) is 6.15. The number of hydrogen-bond acceptors (Lipinski definition) is 6. The first-order chi connectivity index (χ1) is 11.3. The fraction of sp³-hybridized carbons (Fsp3) is 0.733. The van der Waals surface area contributed by atoms with Gasteiger partial charge in [-0.15, -0.1) is 0 Å². The molecule has 0 saturated heterocycles. The summed E-state index contributed by atoms with van der Waals surface area (Å²) < 4.78 is 33.1. The summed E-state index contributed by atoms with van der Waals surface area (Å²) in [6, 6.07) is 0. The van der Waals surface area contributed by atoms with Crippen LogP contribution in [0.1, 0.15) is 50.0 Å². The molecule has 0 spiro atoms. The normalized spacial score (nSPS) is 17.1. The molecule has 4 N–H and O–H groups in total. The van der Waals surface area contributed by atoms with E-state index < -0.39 is 15.6 Å². The molecule has 1 heterocycles. The second kappa shape index (κ2) is 7.62. The minimum absolute atomic E-state index is 0.0182. The van der Waals surface area contributed by atoms with Crippen LogP contribution in [0.15, 0.2) is 9.42 Å². The maximum absolute atomic E-state index is 12.8. The van der Waals surface area contributed by atoms with Crippen molar-refractivity contribution in [1.29, 1.82) is 0 Å². The zero-order valence-corrected chi connectivity index (χ0v) is 15.0. The predicted molar refractivity (Wildman–Crippen MR) is 88.8 cm³/mol. The minimum atomic E-state index is -3.89. The summed E-state index contributed by atoms with van der Waals surface area (Å²) in [6.07, 6.45) is 4.17. The van der Waals surface area contributed by atoms with Crippen molar-refractivity contribution in [3.8, 4) is 0 Å². The lowest BCUT2D eigenvalue weighted by molar-refractivity contribution is -0.126. The molecule has 0 atom stereocenters. The first-order valence-corrected chi connectivity index (χ1v) is 9.76. The molecule has 0 unspecified atom stereocenters. The van der Waals surface area contributed by atoms with E-state index in [0.717, 1.165) is 25.7 Å². The van der Waals surface area contributed by atoms with Crippen molar-refractivity contribution < 1.29 is 17.7 Å². The van der Waals surface area contributed by atoms with Crippen LogP contribution in [0.3, 0.4) is 0 Å². The van der Waals surface area contributed by atoms with Crippen LogP contribution in [0, 0.1) is 13.8 Å². The Hall–Kier alpha value is -1.45. The Morgan fingerprint density at radius 1 is 1.29 bits per heavy atom. The fourth-order valence-electron chi connectivity index (χ4n) is 3.16. The van der Waals surface area contributed by atoms with Gasteiger partial charge in [0.1, 0.15) is 16.1 Å². The summed E-state index contributed by atoms with van der Waals surface area (Å²) in [4.78, 5) is 12.7. The van der Waals surface area contributed by atoms with E-state index in [9.17, 15) is 13.2 Å². The Balaban J connectivity index is 2.17. The average molecular weight is 358 g/mol. The fourth-order valence-corrected chi connectivity index (χ4v) is 4.92. The maximum atomic E-state index is 12.8. The van der Waals surface area contributed by atoms with Crippen LogP contribution in [-0.4, -0.2) is 38.1 Å². The van der Waals surface area contributed by atoms with E-state index in [-0.39, 0.29) is 22.3 Å². The topological polar surface area (TPSA) is 127 Å². The number of aromatic nitrogens is 1. The highest BCUT2D eigenvalue weighted by Crippen LogP contribution is 2.32. The molecule has 1 amide bonds. The van der Waals surface area contributed by atoms with Crippen LogP contribution in [0.2, 0.25) is 0 Å². The van der Waals surface area contributed by atoms with Crippen molar-refractivity contribution in [3.63, 3.8) is 0 Å². The van der Waals surface area contributed by atoms with Gasteiger partial charge in [0.2, 0.25) is 15.9 Å². The minimum Gasteiger partial charge on any atom is -0.360 e. The third kappa shape index (κ3) is 3.96. The van der Waals surface area contributed by atoms with E-state index in [1.54, 1.807) is 13.8 Å². The average Bonchev–Trinajstić information content (AvgIpc) is 3.11. The molecule has 0 bridgehead atoms. The molecule has 8 nitrogen and oxygen atoms in total. The largest absolute Gasteiger partial charge is 0.360 e. The number of amides is 1. The van der Waals surface area contributed by atoms with Crippen LogP contribution >= 0.6 is 0 Å². The number of nitrogens with one attached hydrogen (secondary N) is 2. The number of carbonyl (C=O) groups excluding carboxylic acids is 1.